The topological polar surface area (TPSA) is 20.2 Å². The van der Waals surface area contributed by atoms with E-state index in [0.29, 0.717) is 5.75 Å². The van der Waals surface area contributed by atoms with Crippen molar-refractivity contribution in [3.05, 3.63) is 70.7 Å². The molecule has 20 heavy (non-hydrogen) atoms. The van der Waals surface area contributed by atoms with E-state index in [9.17, 15) is 5.11 Å². The van der Waals surface area contributed by atoms with Gasteiger partial charge in [0.1, 0.15) is 5.75 Å². The van der Waals surface area contributed by atoms with Gasteiger partial charge in [-0.25, -0.2) is 0 Å². The molecule has 0 fully saturated rings. The maximum absolute atomic E-state index is 9.90. The Morgan fingerprint density at radius 2 is 1.70 bits per heavy atom. The normalized spacial score (nSPS) is 10.8. The van der Waals surface area contributed by atoms with Crippen LogP contribution in [0, 0.1) is 0 Å². The van der Waals surface area contributed by atoms with E-state index in [4.69, 9.17) is 0 Å². The zero-order chi connectivity index (χ0) is 13.9. The fourth-order valence-electron chi connectivity index (χ4n) is 2.17. The molecule has 3 aromatic rings. The molecule has 0 aliphatic rings. The number of aromatic hydroxyl groups is 1. The average molecular weight is 345 g/mol. The molecule has 0 atom stereocenters. The quantitative estimate of drug-likeness (QED) is 0.624. The summed E-state index contributed by atoms with van der Waals surface area (Å²) in [5, 5.41) is 11.9. The Bertz CT molecular complexity index is 755. The molecule has 3 rings (SSSR count). The third-order valence-corrected chi connectivity index (χ3v) is 4.78. The number of hydrogen-bond acceptors (Lipinski definition) is 2. The first kappa shape index (κ1) is 13.5. The van der Waals surface area contributed by atoms with Crippen LogP contribution in [-0.4, -0.2) is 5.11 Å². The summed E-state index contributed by atoms with van der Waals surface area (Å²) in [5.41, 5.74) is 1.28. The Morgan fingerprint density at radius 3 is 2.50 bits per heavy atom. The predicted molar refractivity (Wildman–Crippen MR) is 89.3 cm³/mol. The number of fused-ring (bicyclic) bond motifs is 1. The number of halogens is 1. The number of thioether (sulfide) groups is 1. The predicted octanol–water partition coefficient (Wildman–Crippen LogP) is 5.60. The molecule has 0 saturated heterocycles. The minimum Gasteiger partial charge on any atom is -0.507 e. The molecule has 1 nitrogen and oxygen atoms in total. The molecule has 0 aliphatic heterocycles. The maximum atomic E-state index is 9.90. The summed E-state index contributed by atoms with van der Waals surface area (Å²) in [7, 11) is 0. The first-order valence-corrected chi connectivity index (χ1v) is 8.10. The van der Waals surface area contributed by atoms with Crippen molar-refractivity contribution in [3.63, 3.8) is 0 Å². The van der Waals surface area contributed by atoms with Crippen molar-refractivity contribution in [1.29, 1.82) is 0 Å². The summed E-state index contributed by atoms with van der Waals surface area (Å²) in [6, 6.07) is 20.1. The number of phenolic OH excluding ortho intramolecular Hbond substituents is 1. The van der Waals surface area contributed by atoms with E-state index in [1.165, 1.54) is 10.5 Å². The molecule has 0 heterocycles. The van der Waals surface area contributed by atoms with Gasteiger partial charge in [0.15, 0.2) is 0 Å². The zero-order valence-electron chi connectivity index (χ0n) is 10.7. The third kappa shape index (κ3) is 2.84. The summed E-state index contributed by atoms with van der Waals surface area (Å²) in [6.07, 6.45) is 0. The summed E-state index contributed by atoms with van der Waals surface area (Å²) in [6.45, 7) is 0. The number of hydrogen-bond donors (Lipinski definition) is 1. The molecular formula is C17H13BrOS. The van der Waals surface area contributed by atoms with Gasteiger partial charge >= 0.3 is 0 Å². The molecule has 0 radical (unpaired) electrons. The van der Waals surface area contributed by atoms with Crippen LogP contribution in [0.5, 0.6) is 5.75 Å². The van der Waals surface area contributed by atoms with Crippen molar-refractivity contribution in [2.45, 2.75) is 10.6 Å². The van der Waals surface area contributed by atoms with Crippen molar-refractivity contribution in [3.8, 4) is 5.75 Å². The highest BCUT2D eigenvalue weighted by molar-refractivity contribution is 9.10. The van der Waals surface area contributed by atoms with Gasteiger partial charge in [-0.15, -0.1) is 11.8 Å². The fraction of sp³-hybridized carbons (Fsp3) is 0.0588. The number of benzene rings is 3. The molecule has 3 heteroatoms. The van der Waals surface area contributed by atoms with Crippen LogP contribution >= 0.6 is 27.7 Å². The largest absolute Gasteiger partial charge is 0.507 e. The highest BCUT2D eigenvalue weighted by atomic mass is 79.9. The lowest BCUT2D eigenvalue weighted by Crippen LogP contribution is -1.82. The van der Waals surface area contributed by atoms with Gasteiger partial charge in [0.05, 0.1) is 0 Å². The third-order valence-electron chi connectivity index (χ3n) is 3.14. The Kier molecular flexibility index (Phi) is 3.99. The van der Waals surface area contributed by atoms with Gasteiger partial charge in [0.2, 0.25) is 0 Å². The van der Waals surface area contributed by atoms with E-state index in [1.54, 1.807) is 17.8 Å². The van der Waals surface area contributed by atoms with Crippen LogP contribution in [0.4, 0.5) is 0 Å². The second-order valence-corrected chi connectivity index (χ2v) is 6.48. The minimum atomic E-state index is 0.340. The van der Waals surface area contributed by atoms with Crippen LogP contribution < -0.4 is 0 Å². The van der Waals surface area contributed by atoms with Gasteiger partial charge in [-0.3, -0.25) is 0 Å². The van der Waals surface area contributed by atoms with Gasteiger partial charge in [0, 0.05) is 20.5 Å². The number of rotatable bonds is 3. The second kappa shape index (κ2) is 5.90. The lowest BCUT2D eigenvalue weighted by Gasteiger charge is -2.08. The Hall–Kier alpha value is -1.45. The Labute approximate surface area is 130 Å². The monoisotopic (exact) mass is 344 g/mol. The van der Waals surface area contributed by atoms with E-state index >= 15 is 0 Å². The van der Waals surface area contributed by atoms with E-state index in [-0.39, 0.29) is 0 Å². The molecular weight excluding hydrogens is 332 g/mol. The standard InChI is InChI=1S/C17H13BrOS/c18-13-5-3-4-12(10-13)11-20-17-9-8-16(19)14-6-1-2-7-15(14)17/h1-10,19H,11H2. The van der Waals surface area contributed by atoms with Crippen LogP contribution in [0.15, 0.2) is 70.0 Å². The molecule has 1 N–H and O–H groups in total. The average Bonchev–Trinajstić information content (AvgIpc) is 2.47. The van der Waals surface area contributed by atoms with Crippen molar-refractivity contribution in [2.24, 2.45) is 0 Å². The van der Waals surface area contributed by atoms with Gasteiger partial charge in [-0.2, -0.15) is 0 Å². The minimum absolute atomic E-state index is 0.340. The molecule has 0 unspecified atom stereocenters. The molecule has 0 spiro atoms. The Balaban J connectivity index is 1.90. The zero-order valence-corrected chi connectivity index (χ0v) is 13.1. The molecule has 0 amide bonds. The molecule has 0 bridgehead atoms. The van der Waals surface area contributed by atoms with E-state index in [1.807, 2.05) is 30.3 Å². The van der Waals surface area contributed by atoms with Crippen molar-refractivity contribution in [1.82, 2.24) is 0 Å². The van der Waals surface area contributed by atoms with Gasteiger partial charge in [-0.1, -0.05) is 52.3 Å². The second-order valence-electron chi connectivity index (χ2n) is 4.55. The highest BCUT2D eigenvalue weighted by Gasteiger charge is 2.05. The molecule has 0 saturated carbocycles. The fourth-order valence-corrected chi connectivity index (χ4v) is 3.62. The smallest absolute Gasteiger partial charge is 0.123 e. The van der Waals surface area contributed by atoms with Gasteiger partial charge in [0.25, 0.3) is 0 Å². The van der Waals surface area contributed by atoms with Crippen LogP contribution in [0.3, 0.4) is 0 Å². The van der Waals surface area contributed by atoms with Crippen molar-refractivity contribution >= 4 is 38.5 Å². The Morgan fingerprint density at radius 1 is 0.900 bits per heavy atom. The summed E-state index contributed by atoms with van der Waals surface area (Å²) in [4.78, 5) is 1.19. The van der Waals surface area contributed by atoms with Crippen molar-refractivity contribution < 1.29 is 5.11 Å². The molecule has 0 aliphatic carbocycles. The first-order valence-electron chi connectivity index (χ1n) is 6.32. The lowest BCUT2D eigenvalue weighted by molar-refractivity contribution is 0.481. The molecule has 3 aromatic carbocycles. The first-order chi connectivity index (χ1) is 9.74. The van der Waals surface area contributed by atoms with Crippen LogP contribution in [-0.2, 0) is 5.75 Å². The molecule has 0 aromatic heterocycles. The van der Waals surface area contributed by atoms with Crippen LogP contribution in [0.2, 0.25) is 0 Å². The summed E-state index contributed by atoms with van der Waals surface area (Å²) >= 11 is 5.28. The lowest BCUT2D eigenvalue weighted by atomic mass is 10.1. The maximum Gasteiger partial charge on any atom is 0.123 e. The SMILES string of the molecule is Oc1ccc(SCc2cccc(Br)c2)c2ccccc12. The number of phenols is 1. The van der Waals surface area contributed by atoms with Crippen molar-refractivity contribution in [2.75, 3.05) is 0 Å². The van der Waals surface area contributed by atoms with Crippen LogP contribution in [0.1, 0.15) is 5.56 Å². The van der Waals surface area contributed by atoms with E-state index in [0.717, 1.165) is 21.0 Å². The summed E-state index contributed by atoms with van der Waals surface area (Å²) in [5.74, 6) is 1.25. The van der Waals surface area contributed by atoms with E-state index in [2.05, 4.69) is 40.2 Å². The van der Waals surface area contributed by atoms with Gasteiger partial charge in [-0.05, 0) is 35.2 Å². The highest BCUT2D eigenvalue weighted by Crippen LogP contribution is 2.34. The van der Waals surface area contributed by atoms with Gasteiger partial charge < -0.3 is 5.11 Å². The molecule has 100 valence electrons. The summed E-state index contributed by atoms with van der Waals surface area (Å²) < 4.78 is 1.10. The van der Waals surface area contributed by atoms with Crippen LogP contribution in [0.25, 0.3) is 10.8 Å². The van der Waals surface area contributed by atoms with E-state index < -0.39 is 0 Å².